The van der Waals surface area contributed by atoms with E-state index in [-0.39, 0.29) is 11.9 Å². The topological polar surface area (TPSA) is 74.7 Å². The number of likely N-dealkylation sites (tertiary alicyclic amines) is 1. The van der Waals surface area contributed by atoms with Crippen molar-refractivity contribution in [3.63, 3.8) is 0 Å². The van der Waals surface area contributed by atoms with Crippen LogP contribution in [0.25, 0.3) is 0 Å². The Morgan fingerprint density at radius 2 is 2.16 bits per heavy atom. The first kappa shape index (κ1) is 22.7. The van der Waals surface area contributed by atoms with Crippen LogP contribution in [0.15, 0.2) is 30.3 Å². The third kappa shape index (κ3) is 5.27. The largest absolute Gasteiger partial charge is 0.480 e. The van der Waals surface area contributed by atoms with Gasteiger partial charge < -0.3 is 15.2 Å². The van der Waals surface area contributed by atoms with Gasteiger partial charge in [0, 0.05) is 31.9 Å². The lowest BCUT2D eigenvalue weighted by atomic mass is 9.94. The summed E-state index contributed by atoms with van der Waals surface area (Å²) in [6.45, 7) is 4.73. The van der Waals surface area contributed by atoms with Gasteiger partial charge in [0.1, 0.15) is 17.7 Å². The molecule has 0 saturated carbocycles. The number of fused-ring (bicyclic) bond motifs is 1. The third-order valence-corrected chi connectivity index (χ3v) is 6.39. The molecule has 0 unspecified atom stereocenters. The lowest BCUT2D eigenvalue weighted by Gasteiger charge is -2.42. The first-order valence-corrected chi connectivity index (χ1v) is 11.6. The number of pyridine rings is 1. The Kier molecular flexibility index (Phi) is 7.37. The molecule has 0 bridgehead atoms. The van der Waals surface area contributed by atoms with Crippen molar-refractivity contribution in [2.24, 2.45) is 0 Å². The number of nitrogens with zero attached hydrogens (tertiary/aromatic N) is 2. The van der Waals surface area contributed by atoms with E-state index in [1.807, 2.05) is 11.8 Å². The molecule has 2 aromatic rings. The number of hydrogen-bond acceptors (Lipinski definition) is 5. The van der Waals surface area contributed by atoms with Crippen LogP contribution in [0.1, 0.15) is 54.6 Å². The molecule has 2 N–H and O–H groups in total. The Morgan fingerprint density at radius 1 is 1.31 bits per heavy atom. The molecular weight excluding hydrogens is 409 g/mol. The Bertz CT molecular complexity index is 946. The average molecular weight is 442 g/mol. The summed E-state index contributed by atoms with van der Waals surface area (Å²) in [7, 11) is 0. The summed E-state index contributed by atoms with van der Waals surface area (Å²) in [6.07, 6.45) is 5.80. The van der Waals surface area contributed by atoms with Crippen LogP contribution < -0.4 is 5.32 Å². The van der Waals surface area contributed by atoms with E-state index in [9.17, 15) is 14.3 Å². The fraction of sp³-hybridized carbons (Fsp3) is 0.520. The highest BCUT2D eigenvalue weighted by atomic mass is 19.1. The molecule has 1 aromatic heterocycles. The van der Waals surface area contributed by atoms with Gasteiger partial charge >= 0.3 is 5.97 Å². The number of aromatic nitrogens is 1. The molecule has 1 fully saturated rings. The van der Waals surface area contributed by atoms with E-state index in [1.54, 1.807) is 6.07 Å². The molecule has 1 atom stereocenters. The standard InChI is InChI=1S/C25H32FN3O3/c1-2-17-14-19(26)9-11-22(17)23(25(30)31)29-15-21(16-29)32-13-4-3-7-20-10-8-18-6-5-12-27-24(18)28-20/h8-11,14,21,23H,2-7,12-13,15-16H2,1H3,(H,27,28)(H,30,31)/t23-/m1/s1. The number of aliphatic carboxylic acids is 1. The third-order valence-electron chi connectivity index (χ3n) is 6.39. The Labute approximate surface area is 188 Å². The van der Waals surface area contributed by atoms with Crippen molar-refractivity contribution in [1.82, 2.24) is 9.88 Å². The molecule has 7 heteroatoms. The molecule has 3 heterocycles. The number of hydrogen-bond donors (Lipinski definition) is 2. The lowest BCUT2D eigenvalue weighted by Crippen LogP contribution is -2.55. The SMILES string of the molecule is CCc1cc(F)ccc1[C@H](C(=O)O)N1CC(OCCCCc2ccc3c(n2)NCCC3)C1. The molecule has 172 valence electrons. The number of carbonyl (C=O) groups is 1. The maximum absolute atomic E-state index is 13.6. The van der Waals surface area contributed by atoms with Crippen molar-refractivity contribution in [1.29, 1.82) is 0 Å². The minimum absolute atomic E-state index is 0.0495. The number of halogens is 1. The van der Waals surface area contributed by atoms with Crippen LogP contribution in [-0.4, -0.2) is 53.3 Å². The molecule has 2 aliphatic rings. The zero-order chi connectivity index (χ0) is 22.5. The van der Waals surface area contributed by atoms with Crippen LogP contribution in [0, 0.1) is 5.82 Å². The van der Waals surface area contributed by atoms with Gasteiger partial charge in [0.25, 0.3) is 0 Å². The number of carboxylic acid groups (broad SMARTS) is 1. The zero-order valence-electron chi connectivity index (χ0n) is 18.6. The molecule has 1 saturated heterocycles. The van der Waals surface area contributed by atoms with Gasteiger partial charge in [-0.3, -0.25) is 9.69 Å². The first-order chi connectivity index (χ1) is 15.5. The van der Waals surface area contributed by atoms with Crippen molar-refractivity contribution in [2.75, 3.05) is 31.6 Å². The van der Waals surface area contributed by atoms with E-state index in [4.69, 9.17) is 9.72 Å². The Morgan fingerprint density at radius 3 is 2.94 bits per heavy atom. The quantitative estimate of drug-likeness (QED) is 0.543. The van der Waals surface area contributed by atoms with Gasteiger partial charge in [0.2, 0.25) is 0 Å². The molecule has 4 rings (SSSR count). The van der Waals surface area contributed by atoms with Crippen molar-refractivity contribution >= 4 is 11.8 Å². The predicted molar refractivity (Wildman–Crippen MR) is 121 cm³/mol. The fourth-order valence-corrected chi connectivity index (χ4v) is 4.59. The summed E-state index contributed by atoms with van der Waals surface area (Å²) < 4.78 is 19.5. The number of carboxylic acids is 1. The molecule has 32 heavy (non-hydrogen) atoms. The van der Waals surface area contributed by atoms with Crippen molar-refractivity contribution < 1.29 is 19.0 Å². The Balaban J connectivity index is 1.20. The molecule has 6 nitrogen and oxygen atoms in total. The number of nitrogens with one attached hydrogen (secondary N) is 1. The zero-order valence-corrected chi connectivity index (χ0v) is 18.6. The predicted octanol–water partition coefficient (Wildman–Crippen LogP) is 3.99. The summed E-state index contributed by atoms with van der Waals surface area (Å²) in [4.78, 5) is 18.6. The van der Waals surface area contributed by atoms with Gasteiger partial charge in [-0.25, -0.2) is 9.37 Å². The highest BCUT2D eigenvalue weighted by Crippen LogP contribution is 2.30. The molecule has 0 aliphatic carbocycles. The van der Waals surface area contributed by atoms with Crippen LogP contribution in [-0.2, 0) is 28.8 Å². The average Bonchev–Trinajstić information content (AvgIpc) is 2.77. The van der Waals surface area contributed by atoms with Crippen LogP contribution in [0.4, 0.5) is 10.2 Å². The second-order valence-corrected chi connectivity index (χ2v) is 8.68. The van der Waals surface area contributed by atoms with E-state index < -0.39 is 12.0 Å². The molecule has 0 amide bonds. The van der Waals surface area contributed by atoms with Gasteiger partial charge in [-0.15, -0.1) is 0 Å². The van der Waals surface area contributed by atoms with E-state index in [1.165, 1.54) is 24.1 Å². The van der Waals surface area contributed by atoms with Gasteiger partial charge in [-0.2, -0.15) is 0 Å². The number of ether oxygens (including phenoxy) is 1. The van der Waals surface area contributed by atoms with Gasteiger partial charge in [0.15, 0.2) is 0 Å². The smallest absolute Gasteiger partial charge is 0.325 e. The second kappa shape index (κ2) is 10.4. The summed E-state index contributed by atoms with van der Waals surface area (Å²) in [6, 6.07) is 7.94. The highest BCUT2D eigenvalue weighted by Gasteiger charge is 2.38. The van der Waals surface area contributed by atoms with Crippen LogP contribution in [0.2, 0.25) is 0 Å². The number of rotatable bonds is 10. The number of benzene rings is 1. The van der Waals surface area contributed by atoms with E-state index in [0.29, 0.717) is 31.7 Å². The first-order valence-electron chi connectivity index (χ1n) is 11.6. The van der Waals surface area contributed by atoms with Crippen molar-refractivity contribution in [3.05, 3.63) is 58.5 Å². The fourth-order valence-electron chi connectivity index (χ4n) is 4.59. The van der Waals surface area contributed by atoms with Gasteiger partial charge in [0.05, 0.1) is 6.10 Å². The molecule has 2 aliphatic heterocycles. The van der Waals surface area contributed by atoms with Crippen LogP contribution in [0.3, 0.4) is 0 Å². The second-order valence-electron chi connectivity index (χ2n) is 8.68. The number of anilines is 1. The summed E-state index contributed by atoms with van der Waals surface area (Å²) >= 11 is 0. The van der Waals surface area contributed by atoms with Crippen LogP contribution in [0.5, 0.6) is 0 Å². The number of aryl methyl sites for hydroxylation is 3. The molecule has 0 radical (unpaired) electrons. The maximum atomic E-state index is 13.6. The minimum Gasteiger partial charge on any atom is -0.480 e. The van der Waals surface area contributed by atoms with E-state index >= 15 is 0 Å². The highest BCUT2D eigenvalue weighted by molar-refractivity contribution is 5.76. The Hall–Kier alpha value is -2.51. The lowest BCUT2D eigenvalue weighted by molar-refractivity contribution is -0.151. The van der Waals surface area contributed by atoms with Crippen molar-refractivity contribution in [2.45, 2.75) is 57.6 Å². The van der Waals surface area contributed by atoms with Crippen molar-refractivity contribution in [3.8, 4) is 0 Å². The molecular formula is C25H32FN3O3. The summed E-state index contributed by atoms with van der Waals surface area (Å²) in [5.74, 6) is -0.196. The summed E-state index contributed by atoms with van der Waals surface area (Å²) in [5.41, 5.74) is 3.84. The normalized spacial score (nSPS) is 17.3. The van der Waals surface area contributed by atoms with Gasteiger partial charge in [-0.1, -0.05) is 19.1 Å². The maximum Gasteiger partial charge on any atom is 0.325 e. The van der Waals surface area contributed by atoms with E-state index in [0.717, 1.165) is 49.3 Å². The summed E-state index contributed by atoms with van der Waals surface area (Å²) in [5, 5.41) is 13.2. The molecule has 1 aromatic carbocycles. The number of unbranched alkanes of at least 4 members (excludes halogenated alkanes) is 1. The monoisotopic (exact) mass is 441 g/mol. The molecule has 0 spiro atoms. The van der Waals surface area contributed by atoms with E-state index in [2.05, 4.69) is 17.4 Å². The van der Waals surface area contributed by atoms with Crippen LogP contribution >= 0.6 is 0 Å². The minimum atomic E-state index is -0.906. The van der Waals surface area contributed by atoms with Gasteiger partial charge in [-0.05, 0) is 73.4 Å².